The molecule has 7 nitrogen and oxygen atoms in total. The normalized spacial score (nSPS) is 17.6. The van der Waals surface area contributed by atoms with Crippen LogP contribution in [-0.4, -0.2) is 39.8 Å². The molecular formula is C19H19NO6S. The fourth-order valence-corrected chi connectivity index (χ4v) is 4.34. The summed E-state index contributed by atoms with van der Waals surface area (Å²) in [6.07, 6.45) is 0. The molecule has 2 aromatic carbocycles. The van der Waals surface area contributed by atoms with Crippen molar-refractivity contribution in [1.82, 2.24) is 0 Å². The van der Waals surface area contributed by atoms with Crippen LogP contribution in [0.25, 0.3) is 0 Å². The average Bonchev–Trinajstić information content (AvgIpc) is 3.07. The number of hydrogen-bond donors (Lipinski definition) is 1. The van der Waals surface area contributed by atoms with E-state index < -0.39 is 0 Å². The van der Waals surface area contributed by atoms with E-state index in [4.69, 9.17) is 23.7 Å². The Morgan fingerprint density at radius 3 is 2.30 bits per heavy atom. The van der Waals surface area contributed by atoms with Gasteiger partial charge in [0.1, 0.15) is 0 Å². The van der Waals surface area contributed by atoms with Crippen LogP contribution in [0.3, 0.4) is 0 Å². The van der Waals surface area contributed by atoms with E-state index in [0.29, 0.717) is 40.2 Å². The van der Waals surface area contributed by atoms with E-state index in [9.17, 15) is 4.79 Å². The van der Waals surface area contributed by atoms with Gasteiger partial charge in [0.25, 0.3) is 0 Å². The Hall–Kier alpha value is -2.74. The predicted molar refractivity (Wildman–Crippen MR) is 102 cm³/mol. The first-order valence-electron chi connectivity index (χ1n) is 8.29. The second-order valence-corrected chi connectivity index (χ2v) is 7.08. The second kappa shape index (κ2) is 7.11. The minimum atomic E-state index is -0.123. The van der Waals surface area contributed by atoms with Crippen molar-refractivity contribution in [3.63, 3.8) is 0 Å². The standard InChI is InChI=1S/C19H19NO6S/c1-22-15-4-10(5-16(23-2)18(15)24-3)19-11-6-13-14(26-9-25-13)7-12(11)20-17(21)8-27-19/h4-7,19H,8-9H2,1-3H3,(H,20,21). The molecule has 0 saturated carbocycles. The molecule has 1 atom stereocenters. The van der Waals surface area contributed by atoms with Crippen molar-refractivity contribution in [3.05, 3.63) is 35.4 Å². The summed E-state index contributed by atoms with van der Waals surface area (Å²) in [5, 5.41) is 2.83. The van der Waals surface area contributed by atoms with Crippen molar-refractivity contribution in [2.75, 3.05) is 39.2 Å². The maximum atomic E-state index is 12.2. The van der Waals surface area contributed by atoms with Crippen LogP contribution in [0.2, 0.25) is 0 Å². The molecular weight excluding hydrogens is 370 g/mol. The molecule has 142 valence electrons. The molecule has 8 heteroatoms. The van der Waals surface area contributed by atoms with E-state index in [-0.39, 0.29) is 18.0 Å². The van der Waals surface area contributed by atoms with Gasteiger partial charge in [0.15, 0.2) is 23.0 Å². The van der Waals surface area contributed by atoms with E-state index in [2.05, 4.69) is 5.32 Å². The smallest absolute Gasteiger partial charge is 0.234 e. The second-order valence-electron chi connectivity index (χ2n) is 5.99. The summed E-state index contributed by atoms with van der Waals surface area (Å²) in [6.45, 7) is 0.175. The van der Waals surface area contributed by atoms with Gasteiger partial charge < -0.3 is 29.0 Å². The van der Waals surface area contributed by atoms with Gasteiger partial charge in [-0.3, -0.25) is 4.79 Å². The topological polar surface area (TPSA) is 75.3 Å². The zero-order chi connectivity index (χ0) is 19.0. The van der Waals surface area contributed by atoms with Crippen LogP contribution in [-0.2, 0) is 4.79 Å². The first kappa shape index (κ1) is 17.7. The summed E-state index contributed by atoms with van der Waals surface area (Å²) >= 11 is 1.52. The Morgan fingerprint density at radius 1 is 1.00 bits per heavy atom. The van der Waals surface area contributed by atoms with Crippen molar-refractivity contribution < 1.29 is 28.5 Å². The molecule has 0 radical (unpaired) electrons. The molecule has 2 heterocycles. The Kier molecular flexibility index (Phi) is 4.65. The molecule has 0 aromatic heterocycles. The number of rotatable bonds is 4. The highest BCUT2D eigenvalue weighted by Crippen LogP contribution is 2.49. The van der Waals surface area contributed by atoms with Gasteiger partial charge in [-0.2, -0.15) is 0 Å². The number of hydrogen-bond acceptors (Lipinski definition) is 7. The number of anilines is 1. The Morgan fingerprint density at radius 2 is 1.67 bits per heavy atom. The SMILES string of the molecule is COc1cc(C2SCC(=O)Nc3cc4c(cc32)OCO4)cc(OC)c1OC. The van der Waals surface area contributed by atoms with Crippen LogP contribution >= 0.6 is 11.8 Å². The molecule has 2 aromatic rings. The van der Waals surface area contributed by atoms with E-state index in [1.165, 1.54) is 11.8 Å². The molecule has 1 unspecified atom stereocenters. The van der Waals surface area contributed by atoms with E-state index in [0.717, 1.165) is 11.1 Å². The van der Waals surface area contributed by atoms with Gasteiger partial charge in [0, 0.05) is 11.8 Å². The molecule has 0 spiro atoms. The van der Waals surface area contributed by atoms with Gasteiger partial charge in [-0.15, -0.1) is 11.8 Å². The molecule has 2 aliphatic rings. The Bertz CT molecular complexity index is 875. The summed E-state index contributed by atoms with van der Waals surface area (Å²) < 4.78 is 27.4. The predicted octanol–water partition coefficient (Wildman–Crippen LogP) is 3.22. The zero-order valence-corrected chi connectivity index (χ0v) is 16.0. The number of carbonyl (C=O) groups excluding carboxylic acids is 1. The number of nitrogens with one attached hydrogen (secondary N) is 1. The summed E-state index contributed by atoms with van der Waals surface area (Å²) in [5.41, 5.74) is 2.59. The Labute approximate surface area is 160 Å². The lowest BCUT2D eigenvalue weighted by atomic mass is 10.0. The molecule has 1 N–H and O–H groups in total. The van der Waals surface area contributed by atoms with Gasteiger partial charge in [0.2, 0.25) is 18.4 Å². The number of methoxy groups -OCH3 is 3. The number of thioether (sulfide) groups is 1. The highest BCUT2D eigenvalue weighted by Gasteiger charge is 2.29. The van der Waals surface area contributed by atoms with Crippen LogP contribution in [0.4, 0.5) is 5.69 Å². The number of carbonyl (C=O) groups is 1. The van der Waals surface area contributed by atoms with Gasteiger partial charge in [-0.25, -0.2) is 0 Å². The molecule has 0 fully saturated rings. The third-order valence-electron chi connectivity index (χ3n) is 4.47. The van der Waals surface area contributed by atoms with Crippen molar-refractivity contribution in [1.29, 1.82) is 0 Å². The largest absolute Gasteiger partial charge is 0.493 e. The summed E-state index contributed by atoms with van der Waals surface area (Å²) in [7, 11) is 4.73. The van der Waals surface area contributed by atoms with Crippen molar-refractivity contribution in [3.8, 4) is 28.7 Å². The fraction of sp³-hybridized carbons (Fsp3) is 0.316. The number of ether oxygens (including phenoxy) is 5. The average molecular weight is 389 g/mol. The maximum absolute atomic E-state index is 12.2. The van der Waals surface area contributed by atoms with Crippen LogP contribution in [0.5, 0.6) is 28.7 Å². The lowest BCUT2D eigenvalue weighted by Crippen LogP contribution is -2.12. The zero-order valence-electron chi connectivity index (χ0n) is 15.2. The number of amides is 1. The number of fused-ring (bicyclic) bond motifs is 2. The Balaban J connectivity index is 1.86. The fourth-order valence-electron chi connectivity index (χ4n) is 3.25. The number of benzene rings is 2. The minimum absolute atomic E-state index is 0.0601. The molecule has 0 aliphatic carbocycles. The molecule has 27 heavy (non-hydrogen) atoms. The molecule has 1 amide bonds. The molecule has 4 rings (SSSR count). The van der Waals surface area contributed by atoms with Crippen LogP contribution in [0.1, 0.15) is 16.4 Å². The highest BCUT2D eigenvalue weighted by atomic mass is 32.2. The van der Waals surface area contributed by atoms with Gasteiger partial charge in [0.05, 0.1) is 32.3 Å². The van der Waals surface area contributed by atoms with E-state index >= 15 is 0 Å². The third kappa shape index (κ3) is 3.10. The highest BCUT2D eigenvalue weighted by molar-refractivity contribution is 8.00. The first-order valence-corrected chi connectivity index (χ1v) is 9.34. The van der Waals surface area contributed by atoms with Crippen molar-refractivity contribution in [2.45, 2.75) is 5.25 Å². The summed E-state index contributed by atoms with van der Waals surface area (Å²) in [4.78, 5) is 12.2. The van der Waals surface area contributed by atoms with Gasteiger partial charge >= 0.3 is 0 Å². The van der Waals surface area contributed by atoms with Crippen molar-refractivity contribution >= 4 is 23.4 Å². The summed E-state index contributed by atoms with van der Waals surface area (Å²) in [5.74, 6) is 3.23. The summed E-state index contributed by atoms with van der Waals surface area (Å²) in [6, 6.07) is 7.54. The van der Waals surface area contributed by atoms with E-state index in [1.54, 1.807) is 21.3 Å². The molecule has 0 saturated heterocycles. The van der Waals surface area contributed by atoms with Crippen LogP contribution in [0, 0.1) is 0 Å². The monoisotopic (exact) mass is 389 g/mol. The van der Waals surface area contributed by atoms with Crippen LogP contribution < -0.4 is 29.0 Å². The molecule has 0 bridgehead atoms. The first-order chi connectivity index (χ1) is 13.1. The van der Waals surface area contributed by atoms with E-state index in [1.807, 2.05) is 24.3 Å². The lowest BCUT2D eigenvalue weighted by molar-refractivity contribution is -0.113. The quantitative estimate of drug-likeness (QED) is 0.860. The third-order valence-corrected chi connectivity index (χ3v) is 5.76. The van der Waals surface area contributed by atoms with Crippen molar-refractivity contribution in [2.24, 2.45) is 0 Å². The van der Waals surface area contributed by atoms with Gasteiger partial charge in [-0.05, 0) is 29.3 Å². The molecule has 2 aliphatic heterocycles. The lowest BCUT2D eigenvalue weighted by Gasteiger charge is -2.20. The van der Waals surface area contributed by atoms with Gasteiger partial charge in [-0.1, -0.05) is 0 Å². The minimum Gasteiger partial charge on any atom is -0.493 e. The van der Waals surface area contributed by atoms with Crippen LogP contribution in [0.15, 0.2) is 24.3 Å². The maximum Gasteiger partial charge on any atom is 0.234 e.